The first-order valence-corrected chi connectivity index (χ1v) is 7.32. The molecular weight excluding hydrogens is 238 g/mol. The molecule has 2 rings (SSSR count). The molecule has 1 unspecified atom stereocenters. The van der Waals surface area contributed by atoms with Gasteiger partial charge in [0.15, 0.2) is 0 Å². The minimum atomic E-state index is 0.715. The van der Waals surface area contributed by atoms with Gasteiger partial charge < -0.3 is 16.0 Å². The van der Waals surface area contributed by atoms with Crippen LogP contribution in [0.1, 0.15) is 32.0 Å². The van der Waals surface area contributed by atoms with E-state index in [0.717, 1.165) is 43.6 Å². The number of anilines is 2. The van der Waals surface area contributed by atoms with Crippen molar-refractivity contribution in [3.63, 3.8) is 0 Å². The highest BCUT2D eigenvalue weighted by Crippen LogP contribution is 2.13. The van der Waals surface area contributed by atoms with E-state index in [1.807, 2.05) is 13.0 Å². The van der Waals surface area contributed by atoms with Crippen LogP contribution in [0.3, 0.4) is 0 Å². The summed E-state index contributed by atoms with van der Waals surface area (Å²) in [4.78, 5) is 8.85. The Labute approximate surface area is 115 Å². The Kier molecular flexibility index (Phi) is 5.39. The third-order valence-corrected chi connectivity index (χ3v) is 3.41. The van der Waals surface area contributed by atoms with E-state index in [-0.39, 0.29) is 0 Å². The summed E-state index contributed by atoms with van der Waals surface area (Å²) >= 11 is 0. The molecule has 1 aliphatic rings. The number of aryl methyl sites for hydroxylation is 1. The van der Waals surface area contributed by atoms with Crippen LogP contribution in [0.2, 0.25) is 0 Å². The predicted octanol–water partition coefficient (Wildman–Crippen LogP) is 2.02. The monoisotopic (exact) mass is 263 g/mol. The van der Waals surface area contributed by atoms with E-state index in [1.165, 1.54) is 19.3 Å². The van der Waals surface area contributed by atoms with Gasteiger partial charge in [0.05, 0.1) is 0 Å². The second kappa shape index (κ2) is 7.28. The first-order valence-electron chi connectivity index (χ1n) is 7.32. The van der Waals surface area contributed by atoms with Gasteiger partial charge in [0.25, 0.3) is 0 Å². The maximum atomic E-state index is 4.44. The van der Waals surface area contributed by atoms with Gasteiger partial charge in [0.1, 0.15) is 17.5 Å². The van der Waals surface area contributed by atoms with Gasteiger partial charge in [-0.25, -0.2) is 9.97 Å². The average Bonchev–Trinajstić information content (AvgIpc) is 2.89. The standard InChI is InChI=1S/C14H25N5/c1-3-4-6-16-13-8-14(19-11(2)18-13)17-10-12-5-7-15-9-12/h8,12,15H,3-7,9-10H2,1-2H3,(H2,16,17,18,19). The molecule has 5 nitrogen and oxygen atoms in total. The molecule has 0 aromatic carbocycles. The van der Waals surface area contributed by atoms with Crippen LogP contribution in [0.4, 0.5) is 11.6 Å². The second-order valence-corrected chi connectivity index (χ2v) is 5.21. The highest BCUT2D eigenvalue weighted by atomic mass is 15.1. The van der Waals surface area contributed by atoms with Crippen molar-refractivity contribution in [2.45, 2.75) is 33.1 Å². The van der Waals surface area contributed by atoms with E-state index in [9.17, 15) is 0 Å². The second-order valence-electron chi connectivity index (χ2n) is 5.21. The largest absolute Gasteiger partial charge is 0.370 e. The van der Waals surface area contributed by atoms with Gasteiger partial charge in [-0.3, -0.25) is 0 Å². The summed E-state index contributed by atoms with van der Waals surface area (Å²) < 4.78 is 0. The van der Waals surface area contributed by atoms with Crippen molar-refractivity contribution < 1.29 is 0 Å². The Hall–Kier alpha value is -1.36. The summed E-state index contributed by atoms with van der Waals surface area (Å²) in [6.07, 6.45) is 3.61. The number of unbranched alkanes of at least 4 members (excludes halogenated alkanes) is 1. The van der Waals surface area contributed by atoms with Crippen LogP contribution in [-0.4, -0.2) is 36.1 Å². The topological polar surface area (TPSA) is 61.9 Å². The van der Waals surface area contributed by atoms with Crippen LogP contribution in [0, 0.1) is 12.8 Å². The zero-order valence-corrected chi connectivity index (χ0v) is 12.0. The van der Waals surface area contributed by atoms with Crippen molar-refractivity contribution in [3.8, 4) is 0 Å². The van der Waals surface area contributed by atoms with Crippen molar-refractivity contribution in [2.75, 3.05) is 36.8 Å². The van der Waals surface area contributed by atoms with Crippen LogP contribution < -0.4 is 16.0 Å². The van der Waals surface area contributed by atoms with E-state index in [4.69, 9.17) is 0 Å². The quantitative estimate of drug-likeness (QED) is 0.657. The Morgan fingerprint density at radius 2 is 2.11 bits per heavy atom. The van der Waals surface area contributed by atoms with E-state index in [1.54, 1.807) is 0 Å². The molecule has 1 saturated heterocycles. The molecule has 0 amide bonds. The number of rotatable bonds is 7. The Bertz CT molecular complexity index is 387. The molecular formula is C14H25N5. The molecule has 0 spiro atoms. The zero-order valence-electron chi connectivity index (χ0n) is 12.0. The lowest BCUT2D eigenvalue weighted by molar-refractivity contribution is 0.614. The van der Waals surface area contributed by atoms with Gasteiger partial charge in [-0.2, -0.15) is 0 Å². The van der Waals surface area contributed by atoms with E-state index >= 15 is 0 Å². The molecule has 106 valence electrons. The van der Waals surface area contributed by atoms with Crippen LogP contribution >= 0.6 is 0 Å². The fraction of sp³-hybridized carbons (Fsp3) is 0.714. The molecule has 5 heteroatoms. The fourth-order valence-electron chi connectivity index (χ4n) is 2.28. The highest BCUT2D eigenvalue weighted by Gasteiger charge is 2.14. The Morgan fingerprint density at radius 1 is 1.32 bits per heavy atom. The van der Waals surface area contributed by atoms with Crippen LogP contribution in [-0.2, 0) is 0 Å². The fourth-order valence-corrected chi connectivity index (χ4v) is 2.28. The third kappa shape index (κ3) is 4.67. The molecule has 0 aliphatic carbocycles. The summed E-state index contributed by atoms with van der Waals surface area (Å²) in [5, 5.41) is 10.2. The lowest BCUT2D eigenvalue weighted by Gasteiger charge is -2.12. The molecule has 1 aliphatic heterocycles. The van der Waals surface area contributed by atoms with Gasteiger partial charge in [-0.1, -0.05) is 13.3 Å². The van der Waals surface area contributed by atoms with E-state index in [0.29, 0.717) is 5.92 Å². The molecule has 1 aromatic rings. The van der Waals surface area contributed by atoms with Gasteiger partial charge in [-0.05, 0) is 38.8 Å². The normalized spacial score (nSPS) is 18.5. The number of hydrogen-bond acceptors (Lipinski definition) is 5. The molecule has 0 bridgehead atoms. The van der Waals surface area contributed by atoms with Crippen molar-refractivity contribution in [2.24, 2.45) is 5.92 Å². The first kappa shape index (κ1) is 14.1. The van der Waals surface area contributed by atoms with Crippen molar-refractivity contribution in [1.29, 1.82) is 0 Å². The Morgan fingerprint density at radius 3 is 2.79 bits per heavy atom. The molecule has 0 radical (unpaired) electrons. The molecule has 1 aromatic heterocycles. The molecule has 2 heterocycles. The molecule has 3 N–H and O–H groups in total. The molecule has 19 heavy (non-hydrogen) atoms. The smallest absolute Gasteiger partial charge is 0.131 e. The van der Waals surface area contributed by atoms with Gasteiger partial charge in [0.2, 0.25) is 0 Å². The van der Waals surface area contributed by atoms with Crippen molar-refractivity contribution in [3.05, 3.63) is 11.9 Å². The number of nitrogens with zero attached hydrogens (tertiary/aromatic N) is 2. The summed E-state index contributed by atoms with van der Waals surface area (Å²) in [6.45, 7) is 8.33. The maximum absolute atomic E-state index is 4.44. The van der Waals surface area contributed by atoms with Gasteiger partial charge in [0, 0.05) is 19.2 Å². The maximum Gasteiger partial charge on any atom is 0.131 e. The van der Waals surface area contributed by atoms with Crippen LogP contribution in [0.5, 0.6) is 0 Å². The van der Waals surface area contributed by atoms with Gasteiger partial charge in [-0.15, -0.1) is 0 Å². The summed E-state index contributed by atoms with van der Waals surface area (Å²) in [5.41, 5.74) is 0. The molecule has 1 atom stereocenters. The minimum Gasteiger partial charge on any atom is -0.370 e. The van der Waals surface area contributed by atoms with E-state index in [2.05, 4.69) is 32.8 Å². The summed E-state index contributed by atoms with van der Waals surface area (Å²) in [5.74, 6) is 3.38. The summed E-state index contributed by atoms with van der Waals surface area (Å²) in [7, 11) is 0. The van der Waals surface area contributed by atoms with Crippen LogP contribution in [0.25, 0.3) is 0 Å². The summed E-state index contributed by atoms with van der Waals surface area (Å²) in [6, 6.07) is 2.00. The SMILES string of the molecule is CCCCNc1cc(NCC2CCNC2)nc(C)n1. The first-order chi connectivity index (χ1) is 9.28. The predicted molar refractivity (Wildman–Crippen MR) is 79.6 cm³/mol. The number of aromatic nitrogens is 2. The molecule has 0 saturated carbocycles. The lowest BCUT2D eigenvalue weighted by Crippen LogP contribution is -2.18. The van der Waals surface area contributed by atoms with Gasteiger partial charge >= 0.3 is 0 Å². The zero-order chi connectivity index (χ0) is 13.5. The van der Waals surface area contributed by atoms with Crippen molar-refractivity contribution in [1.82, 2.24) is 15.3 Å². The molecule has 1 fully saturated rings. The highest BCUT2D eigenvalue weighted by molar-refractivity contribution is 5.47. The van der Waals surface area contributed by atoms with E-state index < -0.39 is 0 Å². The average molecular weight is 263 g/mol. The third-order valence-electron chi connectivity index (χ3n) is 3.41. The number of hydrogen-bond donors (Lipinski definition) is 3. The number of nitrogens with one attached hydrogen (secondary N) is 3. The van der Waals surface area contributed by atoms with Crippen LogP contribution in [0.15, 0.2) is 6.07 Å². The van der Waals surface area contributed by atoms with Crippen molar-refractivity contribution >= 4 is 11.6 Å². The lowest BCUT2D eigenvalue weighted by atomic mass is 10.1. The minimum absolute atomic E-state index is 0.715. The Balaban J connectivity index is 1.87.